The summed E-state index contributed by atoms with van der Waals surface area (Å²) in [7, 11) is -3.61. The van der Waals surface area contributed by atoms with Crippen LogP contribution in [0, 0.1) is 23.1 Å². The number of aliphatic carboxylic acids is 1. The second kappa shape index (κ2) is 5.48. The predicted octanol–water partition coefficient (Wildman–Crippen LogP) is 1.49. The first-order valence-corrected chi connectivity index (χ1v) is 8.63. The van der Waals surface area contributed by atoms with Crippen molar-refractivity contribution in [1.29, 1.82) is 0 Å². The summed E-state index contributed by atoms with van der Waals surface area (Å²) in [5.74, 6) is -3.88. The topological polar surface area (TPSA) is 113 Å². The largest absolute Gasteiger partial charge is 0.481 e. The summed E-state index contributed by atoms with van der Waals surface area (Å²) < 4.78 is 38.0. The van der Waals surface area contributed by atoms with Gasteiger partial charge in [-0.15, -0.1) is 0 Å². The highest BCUT2D eigenvalue weighted by Gasteiger charge is 2.65. The molecule has 1 aliphatic carbocycles. The summed E-state index contributed by atoms with van der Waals surface area (Å²) in [6.45, 7) is 3.35. The van der Waals surface area contributed by atoms with Crippen LogP contribution in [-0.4, -0.2) is 31.7 Å². The van der Waals surface area contributed by atoms with Crippen LogP contribution in [0.4, 0.5) is 15.8 Å². The van der Waals surface area contributed by atoms with Crippen LogP contribution < -0.4 is 10.0 Å². The lowest BCUT2D eigenvalue weighted by molar-refractivity contribution is -0.140. The molecular formula is C14H17FN2O5S. The van der Waals surface area contributed by atoms with E-state index in [1.165, 1.54) is 12.1 Å². The zero-order chi connectivity index (χ0) is 17.6. The van der Waals surface area contributed by atoms with E-state index >= 15 is 0 Å². The van der Waals surface area contributed by atoms with Crippen molar-refractivity contribution in [1.82, 2.24) is 0 Å². The number of rotatable bonds is 5. The first-order chi connectivity index (χ1) is 10.4. The van der Waals surface area contributed by atoms with Crippen LogP contribution in [0.1, 0.15) is 13.8 Å². The Morgan fingerprint density at radius 3 is 2.30 bits per heavy atom. The number of sulfonamides is 1. The van der Waals surface area contributed by atoms with Crippen LogP contribution in [0.15, 0.2) is 18.2 Å². The molecule has 2 rings (SSSR count). The quantitative estimate of drug-likeness (QED) is 0.749. The van der Waals surface area contributed by atoms with Crippen LogP contribution in [-0.2, 0) is 19.6 Å². The standard InChI is InChI=1S/C14H17FN2O5S/c1-14(2)10(11(14)13(19)20)12(18)16-7-4-5-9(8(15)6-7)17-23(3,21)22/h4-6,10-11,17H,1-3H3,(H,16,18)(H,19,20)/t10-,11+/m1/s1. The molecule has 1 aromatic rings. The lowest BCUT2D eigenvalue weighted by atomic mass is 10.1. The van der Waals surface area contributed by atoms with Crippen molar-refractivity contribution in [3.05, 3.63) is 24.0 Å². The van der Waals surface area contributed by atoms with Crippen LogP contribution in [0.5, 0.6) is 0 Å². The number of hydrogen-bond acceptors (Lipinski definition) is 4. The average molecular weight is 344 g/mol. The Morgan fingerprint density at radius 1 is 1.26 bits per heavy atom. The molecule has 0 radical (unpaired) electrons. The van der Waals surface area contributed by atoms with Gasteiger partial charge in [0.1, 0.15) is 5.82 Å². The molecule has 0 saturated heterocycles. The minimum Gasteiger partial charge on any atom is -0.481 e. The normalized spacial score (nSPS) is 22.3. The third kappa shape index (κ3) is 3.61. The molecule has 0 aromatic heterocycles. The minimum absolute atomic E-state index is 0.124. The predicted molar refractivity (Wildman–Crippen MR) is 81.9 cm³/mol. The SMILES string of the molecule is CC1(C)[C@H](C(=O)O)[C@@H]1C(=O)Nc1ccc(NS(C)(=O)=O)c(F)c1. The number of nitrogens with one attached hydrogen (secondary N) is 2. The van der Waals surface area contributed by atoms with Crippen LogP contribution >= 0.6 is 0 Å². The fourth-order valence-corrected chi connectivity index (χ4v) is 3.25. The Bertz CT molecular complexity index is 775. The van der Waals surface area contributed by atoms with Crippen molar-refractivity contribution in [2.45, 2.75) is 13.8 Å². The molecule has 1 aliphatic rings. The van der Waals surface area contributed by atoms with Crippen molar-refractivity contribution >= 4 is 33.3 Å². The second-order valence-corrected chi connectivity index (χ2v) is 7.92. The fraction of sp³-hybridized carbons (Fsp3) is 0.429. The van der Waals surface area contributed by atoms with Crippen LogP contribution in [0.2, 0.25) is 0 Å². The lowest BCUT2D eigenvalue weighted by Gasteiger charge is -2.09. The first-order valence-electron chi connectivity index (χ1n) is 6.74. The van der Waals surface area contributed by atoms with Gasteiger partial charge >= 0.3 is 5.97 Å². The summed E-state index contributed by atoms with van der Waals surface area (Å²) >= 11 is 0. The summed E-state index contributed by atoms with van der Waals surface area (Å²) in [5.41, 5.74) is -0.772. The maximum Gasteiger partial charge on any atom is 0.307 e. The molecule has 7 nitrogen and oxygen atoms in total. The molecule has 1 saturated carbocycles. The van der Waals surface area contributed by atoms with E-state index in [2.05, 4.69) is 5.32 Å². The zero-order valence-corrected chi connectivity index (χ0v) is 13.6. The van der Waals surface area contributed by atoms with E-state index in [0.29, 0.717) is 0 Å². The van der Waals surface area contributed by atoms with Gasteiger partial charge in [0.05, 0.1) is 23.8 Å². The van der Waals surface area contributed by atoms with Gasteiger partial charge in [-0.3, -0.25) is 14.3 Å². The van der Waals surface area contributed by atoms with Crippen molar-refractivity contribution in [2.24, 2.45) is 17.3 Å². The number of amides is 1. The van der Waals surface area contributed by atoms with Gasteiger partial charge in [-0.2, -0.15) is 0 Å². The van der Waals surface area contributed by atoms with Crippen molar-refractivity contribution in [3.8, 4) is 0 Å². The summed E-state index contributed by atoms with van der Waals surface area (Å²) in [6.07, 6.45) is 0.892. The summed E-state index contributed by atoms with van der Waals surface area (Å²) in [6, 6.07) is 3.48. The highest BCUT2D eigenvalue weighted by molar-refractivity contribution is 7.92. The number of hydrogen-bond donors (Lipinski definition) is 3. The maximum absolute atomic E-state index is 13.8. The van der Waals surface area contributed by atoms with Gasteiger partial charge in [0.2, 0.25) is 15.9 Å². The van der Waals surface area contributed by atoms with E-state index in [-0.39, 0.29) is 11.4 Å². The minimum atomic E-state index is -3.61. The molecule has 1 aromatic carbocycles. The number of carbonyl (C=O) groups excluding carboxylic acids is 1. The molecule has 1 amide bonds. The molecule has 3 N–H and O–H groups in total. The molecule has 0 unspecified atom stereocenters. The van der Waals surface area contributed by atoms with E-state index < -0.39 is 45.0 Å². The third-order valence-corrected chi connectivity index (χ3v) is 4.50. The number of benzene rings is 1. The van der Waals surface area contributed by atoms with Crippen molar-refractivity contribution in [2.75, 3.05) is 16.3 Å². The Balaban J connectivity index is 2.11. The Morgan fingerprint density at radius 2 is 1.87 bits per heavy atom. The molecule has 126 valence electrons. The molecular weight excluding hydrogens is 327 g/mol. The van der Waals surface area contributed by atoms with Gasteiger partial charge in [-0.05, 0) is 23.6 Å². The number of carboxylic acids is 1. The first kappa shape index (κ1) is 17.2. The Labute approximate surface area is 132 Å². The average Bonchev–Trinajstić information content (AvgIpc) is 2.95. The molecule has 0 spiro atoms. The maximum atomic E-state index is 13.8. The highest BCUT2D eigenvalue weighted by Crippen LogP contribution is 2.58. The van der Waals surface area contributed by atoms with Gasteiger partial charge in [0, 0.05) is 5.69 Å². The van der Waals surface area contributed by atoms with Gasteiger partial charge in [0.15, 0.2) is 0 Å². The van der Waals surface area contributed by atoms with Crippen LogP contribution in [0.25, 0.3) is 0 Å². The molecule has 0 aliphatic heterocycles. The number of carboxylic acid groups (broad SMARTS) is 1. The van der Waals surface area contributed by atoms with Gasteiger partial charge in [0.25, 0.3) is 0 Å². The summed E-state index contributed by atoms with van der Waals surface area (Å²) in [5, 5.41) is 11.5. The third-order valence-electron chi connectivity index (χ3n) is 3.91. The molecule has 0 bridgehead atoms. The van der Waals surface area contributed by atoms with E-state index in [0.717, 1.165) is 12.3 Å². The molecule has 9 heteroatoms. The molecule has 0 heterocycles. The zero-order valence-electron chi connectivity index (χ0n) is 12.8. The Hall–Kier alpha value is -2.16. The second-order valence-electron chi connectivity index (χ2n) is 6.17. The lowest BCUT2D eigenvalue weighted by Crippen LogP contribution is -2.18. The van der Waals surface area contributed by atoms with Gasteiger partial charge < -0.3 is 10.4 Å². The number of anilines is 2. The fourth-order valence-electron chi connectivity index (χ4n) is 2.68. The number of halogens is 1. The van der Waals surface area contributed by atoms with Crippen molar-refractivity contribution < 1.29 is 27.5 Å². The number of carbonyl (C=O) groups is 2. The molecule has 23 heavy (non-hydrogen) atoms. The van der Waals surface area contributed by atoms with Gasteiger partial charge in [-0.25, -0.2) is 12.8 Å². The highest BCUT2D eigenvalue weighted by atomic mass is 32.2. The smallest absolute Gasteiger partial charge is 0.307 e. The van der Waals surface area contributed by atoms with Crippen molar-refractivity contribution in [3.63, 3.8) is 0 Å². The molecule has 2 atom stereocenters. The van der Waals surface area contributed by atoms with E-state index in [1.807, 2.05) is 4.72 Å². The monoisotopic (exact) mass is 344 g/mol. The van der Waals surface area contributed by atoms with E-state index in [1.54, 1.807) is 13.8 Å². The summed E-state index contributed by atoms with van der Waals surface area (Å²) in [4.78, 5) is 23.2. The van der Waals surface area contributed by atoms with E-state index in [9.17, 15) is 22.4 Å². The van der Waals surface area contributed by atoms with Gasteiger partial charge in [-0.1, -0.05) is 13.8 Å². The Kier molecular flexibility index (Phi) is 4.10. The van der Waals surface area contributed by atoms with Crippen LogP contribution in [0.3, 0.4) is 0 Å². The van der Waals surface area contributed by atoms with E-state index in [4.69, 9.17) is 5.11 Å². The molecule has 1 fully saturated rings.